The molecule has 0 unspecified atom stereocenters. The third-order valence-electron chi connectivity index (χ3n) is 8.45. The summed E-state index contributed by atoms with van der Waals surface area (Å²) < 4.78 is 13.5. The van der Waals surface area contributed by atoms with Crippen LogP contribution in [0.5, 0.6) is 0 Å². The first kappa shape index (κ1) is 27.7. The first-order chi connectivity index (χ1) is 18.9. The van der Waals surface area contributed by atoms with E-state index in [2.05, 4.69) is 28.3 Å². The second kappa shape index (κ2) is 13.0. The van der Waals surface area contributed by atoms with Crippen molar-refractivity contribution in [3.63, 3.8) is 0 Å². The molecular weight excluding hydrogens is 511 g/mol. The summed E-state index contributed by atoms with van der Waals surface area (Å²) in [6.07, 6.45) is 11.4. The smallest absolute Gasteiger partial charge is 0.149 e. The van der Waals surface area contributed by atoms with E-state index in [4.69, 9.17) is 16.6 Å². The van der Waals surface area contributed by atoms with Gasteiger partial charge in [-0.2, -0.15) is 0 Å². The van der Waals surface area contributed by atoms with Gasteiger partial charge in [-0.1, -0.05) is 42.6 Å². The van der Waals surface area contributed by atoms with Crippen LogP contribution in [-0.2, 0) is 17.8 Å². The number of pyridine rings is 2. The fourth-order valence-corrected chi connectivity index (χ4v) is 6.36. The van der Waals surface area contributed by atoms with E-state index in [1.54, 1.807) is 12.3 Å². The molecule has 1 aliphatic heterocycles. The summed E-state index contributed by atoms with van der Waals surface area (Å²) in [6.45, 7) is 1.54. The van der Waals surface area contributed by atoms with Crippen molar-refractivity contribution in [3.05, 3.63) is 76.8 Å². The standard InChI is InChI=1S/C32H38ClFN4O/c1-38-16-4-8-30(38)31(39)15-14-22-10-12-23(13-11-22)18-26-19-27(28(33)21-35-26)29-7-3-9-32(37-29)36-20-24-5-2-6-25(34)17-24/h2-3,5-7,9,17,19,21-23,30H,4,8,10-16,18,20H2,1H3,(H,36,37)/t22?,23?,30-/m0/s1. The molecule has 0 amide bonds. The number of anilines is 1. The van der Waals surface area contributed by atoms with Crippen molar-refractivity contribution < 1.29 is 9.18 Å². The van der Waals surface area contributed by atoms with Crippen LogP contribution in [0, 0.1) is 17.7 Å². The number of carbonyl (C=O) groups excluding carboxylic acids is 1. The Morgan fingerprint density at radius 3 is 2.64 bits per heavy atom. The molecule has 1 atom stereocenters. The maximum Gasteiger partial charge on any atom is 0.149 e. The van der Waals surface area contributed by atoms with Crippen LogP contribution in [0.1, 0.15) is 62.6 Å². The predicted octanol–water partition coefficient (Wildman–Crippen LogP) is 7.34. The second-order valence-corrected chi connectivity index (χ2v) is 11.7. The number of rotatable bonds is 10. The third-order valence-corrected chi connectivity index (χ3v) is 8.76. The summed E-state index contributed by atoms with van der Waals surface area (Å²) in [5.74, 6) is 2.17. The van der Waals surface area contributed by atoms with Crippen LogP contribution in [0.4, 0.5) is 10.2 Å². The van der Waals surface area contributed by atoms with Crippen LogP contribution >= 0.6 is 11.6 Å². The highest BCUT2D eigenvalue weighted by atomic mass is 35.5. The van der Waals surface area contributed by atoms with Gasteiger partial charge in [0.25, 0.3) is 0 Å². The third kappa shape index (κ3) is 7.43. The molecule has 0 radical (unpaired) electrons. The molecule has 1 saturated heterocycles. The lowest BCUT2D eigenvalue weighted by Crippen LogP contribution is -2.33. The molecule has 3 heterocycles. The molecule has 206 valence electrons. The first-order valence-corrected chi connectivity index (χ1v) is 14.7. The zero-order valence-corrected chi connectivity index (χ0v) is 23.5. The molecule has 5 rings (SSSR count). The van der Waals surface area contributed by atoms with Gasteiger partial charge in [-0.05, 0) is 99.8 Å². The fourth-order valence-electron chi connectivity index (χ4n) is 6.16. The molecule has 1 saturated carbocycles. The van der Waals surface area contributed by atoms with E-state index < -0.39 is 0 Å². The molecule has 1 N–H and O–H groups in total. The van der Waals surface area contributed by atoms with Crippen molar-refractivity contribution in [3.8, 4) is 11.3 Å². The minimum absolute atomic E-state index is 0.158. The Bertz CT molecular complexity index is 1280. The molecule has 0 bridgehead atoms. The van der Waals surface area contributed by atoms with E-state index in [-0.39, 0.29) is 11.9 Å². The highest BCUT2D eigenvalue weighted by Crippen LogP contribution is 2.35. The molecule has 0 spiro atoms. The number of aromatic nitrogens is 2. The zero-order chi connectivity index (χ0) is 27.2. The number of hydrogen-bond donors (Lipinski definition) is 1. The van der Waals surface area contributed by atoms with Crippen LogP contribution in [0.25, 0.3) is 11.3 Å². The van der Waals surface area contributed by atoms with Crippen molar-refractivity contribution in [2.45, 2.75) is 70.4 Å². The Morgan fingerprint density at radius 1 is 1.08 bits per heavy atom. The average molecular weight is 549 g/mol. The second-order valence-electron chi connectivity index (χ2n) is 11.3. The molecule has 5 nitrogen and oxygen atoms in total. The van der Waals surface area contributed by atoms with Crippen LogP contribution < -0.4 is 5.32 Å². The molecule has 7 heteroatoms. The van der Waals surface area contributed by atoms with Gasteiger partial charge >= 0.3 is 0 Å². The number of carbonyl (C=O) groups is 1. The number of Topliss-reactive ketones (excluding diaryl/α,β-unsaturated/α-hetero) is 1. The van der Waals surface area contributed by atoms with Crippen LogP contribution in [0.2, 0.25) is 5.02 Å². The van der Waals surface area contributed by atoms with Crippen molar-refractivity contribution >= 4 is 23.2 Å². The minimum atomic E-state index is -0.247. The van der Waals surface area contributed by atoms with Gasteiger partial charge in [0.15, 0.2) is 0 Å². The molecule has 2 fully saturated rings. The van der Waals surface area contributed by atoms with Crippen molar-refractivity contribution in [2.75, 3.05) is 18.9 Å². The van der Waals surface area contributed by atoms with Gasteiger partial charge < -0.3 is 5.32 Å². The monoisotopic (exact) mass is 548 g/mol. The Kier molecular flexibility index (Phi) is 9.25. The number of likely N-dealkylation sites (tertiary alicyclic amines) is 1. The van der Waals surface area contributed by atoms with Crippen molar-refractivity contribution in [2.24, 2.45) is 11.8 Å². The van der Waals surface area contributed by atoms with Gasteiger partial charge in [0.05, 0.1) is 16.8 Å². The molecule has 3 aromatic rings. The highest BCUT2D eigenvalue weighted by molar-refractivity contribution is 6.33. The summed E-state index contributed by atoms with van der Waals surface area (Å²) in [5.41, 5.74) is 3.56. The number of nitrogens with one attached hydrogen (secondary N) is 1. The van der Waals surface area contributed by atoms with Gasteiger partial charge in [-0.25, -0.2) is 9.37 Å². The van der Waals surface area contributed by atoms with Crippen LogP contribution in [-0.4, -0.2) is 40.3 Å². The van der Waals surface area contributed by atoms with E-state index in [0.717, 1.165) is 61.2 Å². The summed E-state index contributed by atoms with van der Waals surface area (Å²) in [5, 5.41) is 3.86. The maximum absolute atomic E-state index is 13.5. The lowest BCUT2D eigenvalue weighted by Gasteiger charge is -2.29. The van der Waals surface area contributed by atoms with E-state index in [0.29, 0.717) is 35.0 Å². The quantitative estimate of drug-likeness (QED) is 0.287. The van der Waals surface area contributed by atoms with E-state index >= 15 is 0 Å². The topological polar surface area (TPSA) is 58.1 Å². The number of benzene rings is 1. The minimum Gasteiger partial charge on any atom is -0.366 e. The highest BCUT2D eigenvalue weighted by Gasteiger charge is 2.29. The fraction of sp³-hybridized carbons (Fsp3) is 0.469. The number of likely N-dealkylation sites (N-methyl/N-ethyl adjacent to an activating group) is 1. The van der Waals surface area contributed by atoms with E-state index in [1.165, 1.54) is 37.8 Å². The summed E-state index contributed by atoms with van der Waals surface area (Å²) in [6, 6.07) is 14.6. The van der Waals surface area contributed by atoms with Gasteiger partial charge in [-0.15, -0.1) is 0 Å². The SMILES string of the molecule is CN1CCC[C@H]1C(=O)CCC1CCC(Cc2cc(-c3cccc(NCc4cccc(F)c4)n3)c(Cl)cn2)CC1. The summed E-state index contributed by atoms with van der Waals surface area (Å²) in [4.78, 5) is 24.2. The molecule has 1 aromatic carbocycles. The van der Waals surface area contributed by atoms with Crippen molar-refractivity contribution in [1.29, 1.82) is 0 Å². The maximum atomic E-state index is 13.5. The zero-order valence-electron chi connectivity index (χ0n) is 22.7. The van der Waals surface area contributed by atoms with Crippen molar-refractivity contribution in [1.82, 2.24) is 14.9 Å². The molecule has 1 aliphatic carbocycles. The largest absolute Gasteiger partial charge is 0.366 e. The normalized spacial score (nSPS) is 21.7. The lowest BCUT2D eigenvalue weighted by atomic mass is 9.78. The van der Waals surface area contributed by atoms with E-state index in [1.807, 2.05) is 24.3 Å². The van der Waals surface area contributed by atoms with Crippen LogP contribution in [0.3, 0.4) is 0 Å². The van der Waals surface area contributed by atoms with Gasteiger partial charge in [0, 0.05) is 30.4 Å². The Morgan fingerprint density at radius 2 is 1.87 bits per heavy atom. The summed E-state index contributed by atoms with van der Waals surface area (Å²) >= 11 is 6.56. The molecular formula is C32H38ClFN4O. The number of ketones is 1. The number of halogens is 2. The first-order valence-electron chi connectivity index (χ1n) is 14.3. The van der Waals surface area contributed by atoms with Gasteiger partial charge in [-0.3, -0.25) is 14.7 Å². The Balaban J connectivity index is 1.14. The molecule has 2 aromatic heterocycles. The lowest BCUT2D eigenvalue weighted by molar-refractivity contribution is -0.123. The Labute approximate surface area is 236 Å². The van der Waals surface area contributed by atoms with E-state index in [9.17, 15) is 9.18 Å². The molecule has 39 heavy (non-hydrogen) atoms. The Hall–Kier alpha value is -2.83. The summed E-state index contributed by atoms with van der Waals surface area (Å²) in [7, 11) is 2.08. The number of hydrogen-bond acceptors (Lipinski definition) is 5. The predicted molar refractivity (Wildman–Crippen MR) is 155 cm³/mol. The molecule has 2 aliphatic rings. The van der Waals surface area contributed by atoms with Gasteiger partial charge in [0.1, 0.15) is 17.4 Å². The van der Waals surface area contributed by atoms with Gasteiger partial charge in [0.2, 0.25) is 0 Å². The average Bonchev–Trinajstić information content (AvgIpc) is 3.38. The number of nitrogens with zero attached hydrogens (tertiary/aromatic N) is 3. The van der Waals surface area contributed by atoms with Crippen LogP contribution in [0.15, 0.2) is 54.7 Å².